The molecule has 0 aromatic heterocycles. The van der Waals surface area contributed by atoms with Crippen molar-refractivity contribution in [3.8, 4) is 11.5 Å². The molecule has 1 saturated heterocycles. The van der Waals surface area contributed by atoms with Crippen molar-refractivity contribution in [2.24, 2.45) is 0 Å². The molecule has 0 radical (unpaired) electrons. The van der Waals surface area contributed by atoms with E-state index in [-0.39, 0.29) is 40.6 Å². The Hall–Kier alpha value is -5.39. The van der Waals surface area contributed by atoms with Gasteiger partial charge in [0.05, 0.1) is 22.8 Å². The van der Waals surface area contributed by atoms with Crippen molar-refractivity contribution in [1.82, 2.24) is 5.32 Å². The molecule has 192 valence electrons. The van der Waals surface area contributed by atoms with Crippen LogP contribution in [-0.2, 0) is 9.59 Å². The van der Waals surface area contributed by atoms with Crippen molar-refractivity contribution < 1.29 is 38.0 Å². The minimum Gasteiger partial charge on any atom is -0.490 e. The first-order chi connectivity index (χ1) is 18.2. The normalized spacial score (nSPS) is 14.3. The number of hydrogen-bond acceptors (Lipinski definition) is 8. The van der Waals surface area contributed by atoms with Gasteiger partial charge in [0.2, 0.25) is 0 Å². The van der Waals surface area contributed by atoms with Gasteiger partial charge in [-0.25, -0.2) is 18.9 Å². The van der Waals surface area contributed by atoms with Crippen molar-refractivity contribution in [3.05, 3.63) is 99.4 Å². The first kappa shape index (κ1) is 25.7. The Kier molecular flexibility index (Phi) is 7.24. The lowest BCUT2D eigenvalue weighted by Crippen LogP contribution is -2.54. The Morgan fingerprint density at radius 1 is 1.05 bits per heavy atom. The zero-order valence-electron chi connectivity index (χ0n) is 19.7. The molecule has 4 amide bonds. The molecule has 0 unspecified atom stereocenters. The summed E-state index contributed by atoms with van der Waals surface area (Å²) in [4.78, 5) is 61.0. The molecule has 0 bridgehead atoms. The topological polar surface area (TPSA) is 145 Å². The number of esters is 1. The number of carbonyl (C=O) groups excluding carboxylic acids is 4. The summed E-state index contributed by atoms with van der Waals surface area (Å²) in [6.45, 7) is 1.86. The van der Waals surface area contributed by atoms with Crippen LogP contribution >= 0.6 is 0 Å². The molecule has 1 heterocycles. The molecule has 12 heteroatoms. The van der Waals surface area contributed by atoms with E-state index in [9.17, 15) is 33.7 Å². The first-order valence-electron chi connectivity index (χ1n) is 11.1. The van der Waals surface area contributed by atoms with Crippen molar-refractivity contribution in [2.45, 2.75) is 6.92 Å². The van der Waals surface area contributed by atoms with Crippen LogP contribution < -0.4 is 19.7 Å². The third kappa shape index (κ3) is 5.23. The molecule has 1 aliphatic rings. The largest absolute Gasteiger partial charge is 0.490 e. The van der Waals surface area contributed by atoms with Crippen LogP contribution in [0, 0.1) is 15.9 Å². The van der Waals surface area contributed by atoms with Crippen LogP contribution in [0.4, 0.5) is 20.6 Å². The minimum absolute atomic E-state index is 0.0138. The van der Waals surface area contributed by atoms with Crippen LogP contribution in [0.2, 0.25) is 0 Å². The number of non-ortho nitro benzene ring substituents is 1. The van der Waals surface area contributed by atoms with E-state index in [1.165, 1.54) is 54.6 Å². The van der Waals surface area contributed by atoms with E-state index < -0.39 is 40.1 Å². The molecule has 1 N–H and O–H groups in total. The van der Waals surface area contributed by atoms with E-state index in [0.717, 1.165) is 18.2 Å². The zero-order valence-corrected chi connectivity index (χ0v) is 19.7. The SMILES string of the molecule is CCOc1cc(/C=C2\C(=O)NC(=O)N(c3ccccc3F)C2=O)ccc1OC(=O)c1ccc([N+](=O)[O-])cc1. The number of imide groups is 2. The Morgan fingerprint density at radius 2 is 1.76 bits per heavy atom. The monoisotopic (exact) mass is 519 g/mol. The Bertz CT molecular complexity index is 1500. The maximum atomic E-state index is 14.3. The van der Waals surface area contributed by atoms with E-state index in [2.05, 4.69) is 0 Å². The molecule has 1 aliphatic heterocycles. The lowest BCUT2D eigenvalue weighted by Gasteiger charge is -2.26. The van der Waals surface area contributed by atoms with Gasteiger partial charge in [0.1, 0.15) is 11.4 Å². The maximum absolute atomic E-state index is 14.3. The van der Waals surface area contributed by atoms with Crippen LogP contribution in [0.25, 0.3) is 6.08 Å². The van der Waals surface area contributed by atoms with Gasteiger partial charge in [-0.1, -0.05) is 18.2 Å². The molecule has 0 saturated carbocycles. The third-order valence-electron chi connectivity index (χ3n) is 5.29. The average molecular weight is 519 g/mol. The number of halogens is 1. The van der Waals surface area contributed by atoms with Crippen molar-refractivity contribution in [1.29, 1.82) is 0 Å². The summed E-state index contributed by atoms with van der Waals surface area (Å²) < 4.78 is 25.2. The third-order valence-corrected chi connectivity index (χ3v) is 5.29. The molecular formula is C26H18FN3O8. The van der Waals surface area contributed by atoms with Gasteiger partial charge in [-0.3, -0.25) is 25.0 Å². The number of urea groups is 1. The second kappa shape index (κ2) is 10.7. The summed E-state index contributed by atoms with van der Waals surface area (Å²) >= 11 is 0. The average Bonchev–Trinajstić information content (AvgIpc) is 2.89. The number of barbiturate groups is 1. The van der Waals surface area contributed by atoms with Crippen LogP contribution in [0.3, 0.4) is 0 Å². The van der Waals surface area contributed by atoms with Crippen molar-refractivity contribution in [3.63, 3.8) is 0 Å². The summed E-state index contributed by atoms with van der Waals surface area (Å²) in [7, 11) is 0. The van der Waals surface area contributed by atoms with Gasteiger partial charge < -0.3 is 9.47 Å². The molecular weight excluding hydrogens is 501 g/mol. The summed E-state index contributed by atoms with van der Waals surface area (Å²) in [6, 6.07) is 13.0. The fourth-order valence-corrected chi connectivity index (χ4v) is 3.52. The number of rotatable bonds is 7. The Labute approximate surface area is 214 Å². The Balaban J connectivity index is 1.62. The number of hydrogen-bond donors (Lipinski definition) is 1. The van der Waals surface area contributed by atoms with Gasteiger partial charge in [0, 0.05) is 12.1 Å². The van der Waals surface area contributed by atoms with Gasteiger partial charge >= 0.3 is 12.0 Å². The second-order valence-corrected chi connectivity index (χ2v) is 7.74. The predicted octanol–water partition coefficient (Wildman–Crippen LogP) is 4.02. The highest BCUT2D eigenvalue weighted by Gasteiger charge is 2.38. The molecule has 0 aliphatic carbocycles. The number of nitro benzene ring substituents is 1. The molecule has 1 fully saturated rings. The number of ether oxygens (including phenoxy) is 2. The highest BCUT2D eigenvalue weighted by Crippen LogP contribution is 2.31. The molecule has 3 aromatic rings. The van der Waals surface area contributed by atoms with E-state index in [1.807, 2.05) is 5.32 Å². The minimum atomic E-state index is -1.09. The smallest absolute Gasteiger partial charge is 0.343 e. The zero-order chi connectivity index (χ0) is 27.4. The number of nitrogens with one attached hydrogen (secondary N) is 1. The lowest BCUT2D eigenvalue weighted by molar-refractivity contribution is -0.384. The van der Waals surface area contributed by atoms with Crippen LogP contribution in [0.15, 0.2) is 72.3 Å². The first-order valence-corrected chi connectivity index (χ1v) is 11.1. The maximum Gasteiger partial charge on any atom is 0.343 e. The van der Waals surface area contributed by atoms with Crippen LogP contribution in [-0.4, -0.2) is 35.3 Å². The fraction of sp³-hybridized carbons (Fsp3) is 0.0769. The lowest BCUT2D eigenvalue weighted by atomic mass is 10.1. The number of amides is 4. The van der Waals surface area contributed by atoms with Gasteiger partial charge in [-0.2, -0.15) is 0 Å². The van der Waals surface area contributed by atoms with Crippen LogP contribution in [0.1, 0.15) is 22.8 Å². The second-order valence-electron chi connectivity index (χ2n) is 7.74. The van der Waals surface area contributed by atoms with E-state index in [0.29, 0.717) is 4.90 Å². The van der Waals surface area contributed by atoms with Crippen molar-refractivity contribution in [2.75, 3.05) is 11.5 Å². The number of anilines is 1. The summed E-state index contributed by atoms with van der Waals surface area (Å²) in [5.41, 5.74) is -0.607. The molecule has 4 rings (SSSR count). The molecule has 0 atom stereocenters. The van der Waals surface area contributed by atoms with Gasteiger partial charge in [-0.05, 0) is 55.0 Å². The number of nitrogens with zero attached hydrogens (tertiary/aromatic N) is 2. The summed E-state index contributed by atoms with van der Waals surface area (Å²) in [6.07, 6.45) is 1.18. The Morgan fingerprint density at radius 3 is 2.42 bits per heavy atom. The summed E-state index contributed by atoms with van der Waals surface area (Å²) in [5, 5.41) is 12.8. The highest BCUT2D eigenvalue weighted by molar-refractivity contribution is 6.39. The number of carbonyl (C=O) groups is 4. The van der Waals surface area contributed by atoms with Gasteiger partial charge in [0.25, 0.3) is 17.5 Å². The van der Waals surface area contributed by atoms with E-state index in [4.69, 9.17) is 9.47 Å². The van der Waals surface area contributed by atoms with E-state index >= 15 is 0 Å². The predicted molar refractivity (Wildman–Crippen MR) is 131 cm³/mol. The van der Waals surface area contributed by atoms with Crippen LogP contribution in [0.5, 0.6) is 11.5 Å². The quantitative estimate of drug-likeness (QED) is 0.123. The summed E-state index contributed by atoms with van der Waals surface area (Å²) in [5.74, 6) is -3.52. The standard InChI is InChI=1S/C26H18FN3O8/c1-2-37-22-14-15(7-12-21(22)38-25(33)16-8-10-17(11-9-16)30(35)36)13-18-23(31)28-26(34)29(24(18)32)20-6-4-3-5-19(20)27/h3-14H,2H2,1H3,(H,28,31,34)/b18-13+. The molecule has 3 aromatic carbocycles. The fourth-order valence-electron chi connectivity index (χ4n) is 3.52. The molecule has 0 spiro atoms. The highest BCUT2D eigenvalue weighted by atomic mass is 19.1. The molecule has 11 nitrogen and oxygen atoms in total. The number of para-hydroxylation sites is 1. The van der Waals surface area contributed by atoms with Gasteiger partial charge in [0.15, 0.2) is 11.5 Å². The van der Waals surface area contributed by atoms with E-state index in [1.54, 1.807) is 6.92 Å². The number of benzene rings is 3. The van der Waals surface area contributed by atoms with Crippen molar-refractivity contribution >= 4 is 41.3 Å². The number of nitro groups is 1. The van der Waals surface area contributed by atoms with Gasteiger partial charge in [-0.15, -0.1) is 0 Å². The molecule has 38 heavy (non-hydrogen) atoms.